The fraction of sp³-hybridized carbons (Fsp3) is 0.619. The third kappa shape index (κ3) is 4.95. The molecule has 2 aliphatic heterocycles. The zero-order valence-corrected chi connectivity index (χ0v) is 16.7. The number of fused-ring (bicyclic) bond motifs is 1. The number of nitrogens with one attached hydrogen (secondary N) is 1. The van der Waals surface area contributed by atoms with Crippen LogP contribution in [0.2, 0.25) is 0 Å². The molecule has 7 heteroatoms. The summed E-state index contributed by atoms with van der Waals surface area (Å²) in [5, 5.41) is 3.34. The molecule has 1 aromatic rings. The first-order valence-corrected chi connectivity index (χ1v) is 10.4. The van der Waals surface area contributed by atoms with Crippen LogP contribution in [0, 0.1) is 0 Å². The van der Waals surface area contributed by atoms with Crippen molar-refractivity contribution in [2.75, 3.05) is 39.4 Å². The molecule has 3 amide bonds. The lowest BCUT2D eigenvalue weighted by atomic mass is 10.0. The van der Waals surface area contributed by atoms with E-state index in [-0.39, 0.29) is 18.0 Å². The lowest BCUT2D eigenvalue weighted by Crippen LogP contribution is -2.39. The van der Waals surface area contributed by atoms with Gasteiger partial charge in [-0.25, -0.2) is 4.79 Å². The number of para-hydroxylation sites is 2. The van der Waals surface area contributed by atoms with Crippen LogP contribution in [0.15, 0.2) is 24.3 Å². The summed E-state index contributed by atoms with van der Waals surface area (Å²) in [6, 6.07) is 7.37. The summed E-state index contributed by atoms with van der Waals surface area (Å²) in [6.45, 7) is 5.93. The Kier molecular flexibility index (Phi) is 7.54. The van der Waals surface area contributed by atoms with Crippen LogP contribution in [0.3, 0.4) is 0 Å². The molecular formula is C21H31N3O4. The molecule has 1 unspecified atom stereocenters. The third-order valence-electron chi connectivity index (χ3n) is 5.20. The van der Waals surface area contributed by atoms with Crippen LogP contribution in [0.1, 0.15) is 39.0 Å². The molecule has 0 bridgehead atoms. The topological polar surface area (TPSA) is 71.1 Å². The largest absolute Gasteiger partial charge is 0.490 e. The number of urea groups is 1. The molecule has 0 spiro atoms. The average Bonchev–Trinajstić information content (AvgIpc) is 2.96. The second-order valence-electron chi connectivity index (χ2n) is 7.16. The predicted molar refractivity (Wildman–Crippen MR) is 107 cm³/mol. The first kappa shape index (κ1) is 20.5. The molecule has 7 nitrogen and oxygen atoms in total. The molecule has 0 aromatic heterocycles. The van der Waals surface area contributed by atoms with Crippen LogP contribution >= 0.6 is 0 Å². The fourth-order valence-electron chi connectivity index (χ4n) is 3.77. The number of carbonyl (C=O) groups excluding carboxylic acids is 2. The number of piperidine rings is 1. The Hall–Kier alpha value is -2.28. The van der Waals surface area contributed by atoms with Crippen LogP contribution in [0.4, 0.5) is 4.79 Å². The maximum Gasteiger partial charge on any atom is 0.327 e. The molecule has 154 valence electrons. The van der Waals surface area contributed by atoms with Gasteiger partial charge in [-0.2, -0.15) is 0 Å². The van der Waals surface area contributed by atoms with Gasteiger partial charge in [0.25, 0.3) is 5.91 Å². The van der Waals surface area contributed by atoms with Gasteiger partial charge in [-0.3, -0.25) is 9.69 Å². The fourth-order valence-corrected chi connectivity index (χ4v) is 3.77. The summed E-state index contributed by atoms with van der Waals surface area (Å²) >= 11 is 0. The first-order valence-electron chi connectivity index (χ1n) is 10.4. The number of hydrogen-bond donors (Lipinski definition) is 1. The Bertz CT molecular complexity index is 643. The van der Waals surface area contributed by atoms with Crippen LogP contribution < -0.4 is 14.8 Å². The maximum atomic E-state index is 12.4. The van der Waals surface area contributed by atoms with Gasteiger partial charge in [0.2, 0.25) is 0 Å². The molecule has 2 heterocycles. The lowest BCUT2D eigenvalue weighted by Gasteiger charge is -2.26. The van der Waals surface area contributed by atoms with E-state index >= 15 is 0 Å². The Labute approximate surface area is 167 Å². The van der Waals surface area contributed by atoms with E-state index in [9.17, 15) is 9.59 Å². The van der Waals surface area contributed by atoms with Crippen molar-refractivity contribution in [3.63, 3.8) is 0 Å². The van der Waals surface area contributed by atoms with Crippen LogP contribution in [0.5, 0.6) is 11.5 Å². The maximum absolute atomic E-state index is 12.4. The van der Waals surface area contributed by atoms with Crippen molar-refractivity contribution in [3.8, 4) is 11.5 Å². The van der Waals surface area contributed by atoms with Gasteiger partial charge in [0.05, 0.1) is 6.61 Å². The molecule has 28 heavy (non-hydrogen) atoms. The second kappa shape index (κ2) is 10.3. The average molecular weight is 389 g/mol. The highest BCUT2D eigenvalue weighted by atomic mass is 16.5. The second-order valence-corrected chi connectivity index (χ2v) is 7.16. The minimum absolute atomic E-state index is 0.000905. The van der Waals surface area contributed by atoms with Gasteiger partial charge in [0.1, 0.15) is 12.6 Å². The highest BCUT2D eigenvalue weighted by Gasteiger charge is 2.45. The Morgan fingerprint density at radius 2 is 1.86 bits per heavy atom. The zero-order chi connectivity index (χ0) is 19.8. The van der Waals surface area contributed by atoms with Crippen molar-refractivity contribution in [2.24, 2.45) is 0 Å². The molecule has 2 fully saturated rings. The van der Waals surface area contributed by atoms with E-state index in [0.717, 1.165) is 63.2 Å². The number of nitrogens with zero attached hydrogens (tertiary/aromatic N) is 2. The van der Waals surface area contributed by atoms with E-state index < -0.39 is 0 Å². The number of rotatable bonds is 11. The highest BCUT2D eigenvalue weighted by Crippen LogP contribution is 2.27. The van der Waals surface area contributed by atoms with E-state index in [1.54, 1.807) is 4.90 Å². The van der Waals surface area contributed by atoms with E-state index in [0.29, 0.717) is 19.8 Å². The molecule has 0 radical (unpaired) electrons. The molecular weight excluding hydrogens is 358 g/mol. The number of unbranched alkanes of at least 4 members (excludes halogenated alkanes) is 1. The molecule has 2 saturated heterocycles. The van der Waals surface area contributed by atoms with E-state index in [4.69, 9.17) is 9.47 Å². The summed E-state index contributed by atoms with van der Waals surface area (Å²) in [5.74, 6) is 1.52. The molecule has 0 saturated carbocycles. The van der Waals surface area contributed by atoms with E-state index in [2.05, 4.69) is 5.32 Å². The summed E-state index contributed by atoms with van der Waals surface area (Å²) < 4.78 is 11.3. The lowest BCUT2D eigenvalue weighted by molar-refractivity contribution is -0.128. The molecule has 3 rings (SSSR count). The summed E-state index contributed by atoms with van der Waals surface area (Å²) in [4.78, 5) is 27.9. The highest BCUT2D eigenvalue weighted by molar-refractivity contribution is 6.04. The van der Waals surface area contributed by atoms with Crippen molar-refractivity contribution < 1.29 is 19.1 Å². The summed E-state index contributed by atoms with van der Waals surface area (Å²) in [7, 11) is 0. The molecule has 1 N–H and O–H groups in total. The number of amides is 3. The Morgan fingerprint density at radius 3 is 2.61 bits per heavy atom. The van der Waals surface area contributed by atoms with Gasteiger partial charge in [-0.15, -0.1) is 0 Å². The van der Waals surface area contributed by atoms with E-state index in [1.165, 1.54) is 4.90 Å². The standard InChI is InChI=1S/C21H31N3O4/c1-2-27-18-10-3-4-11-19(18)28-16-13-22-12-6-8-15-24-20(25)17-9-5-7-14-23(17)21(24)26/h3-4,10-11,17,22H,2,5-9,12-16H2,1H3. The Morgan fingerprint density at radius 1 is 1.07 bits per heavy atom. The number of carbonyl (C=O) groups is 2. The number of ether oxygens (including phenoxy) is 2. The van der Waals surface area contributed by atoms with Gasteiger partial charge in [0.15, 0.2) is 11.5 Å². The minimum Gasteiger partial charge on any atom is -0.490 e. The number of imide groups is 1. The number of hydrogen-bond acceptors (Lipinski definition) is 5. The minimum atomic E-state index is -0.198. The van der Waals surface area contributed by atoms with Crippen LogP contribution in [0.25, 0.3) is 0 Å². The van der Waals surface area contributed by atoms with Crippen molar-refractivity contribution in [1.82, 2.24) is 15.1 Å². The number of benzene rings is 1. The van der Waals surface area contributed by atoms with Gasteiger partial charge in [0, 0.05) is 19.6 Å². The van der Waals surface area contributed by atoms with Gasteiger partial charge >= 0.3 is 6.03 Å². The zero-order valence-electron chi connectivity index (χ0n) is 16.7. The first-order chi connectivity index (χ1) is 13.7. The molecule has 1 aromatic carbocycles. The van der Waals surface area contributed by atoms with Crippen molar-refractivity contribution in [3.05, 3.63) is 24.3 Å². The summed E-state index contributed by atoms with van der Waals surface area (Å²) in [5.41, 5.74) is 0. The Balaban J connectivity index is 1.28. The van der Waals surface area contributed by atoms with Crippen LogP contribution in [-0.4, -0.2) is 67.2 Å². The van der Waals surface area contributed by atoms with Crippen molar-refractivity contribution >= 4 is 11.9 Å². The van der Waals surface area contributed by atoms with E-state index in [1.807, 2.05) is 31.2 Å². The van der Waals surface area contributed by atoms with Gasteiger partial charge < -0.3 is 19.7 Å². The van der Waals surface area contributed by atoms with Crippen molar-refractivity contribution in [1.29, 1.82) is 0 Å². The summed E-state index contributed by atoms with van der Waals surface area (Å²) in [6.07, 6.45) is 4.59. The molecule has 1 atom stereocenters. The molecule has 2 aliphatic rings. The van der Waals surface area contributed by atoms with Gasteiger partial charge in [-0.05, 0) is 57.7 Å². The van der Waals surface area contributed by atoms with Crippen molar-refractivity contribution in [2.45, 2.75) is 45.1 Å². The quantitative estimate of drug-likeness (QED) is 0.465. The smallest absolute Gasteiger partial charge is 0.327 e. The molecule has 0 aliphatic carbocycles. The van der Waals surface area contributed by atoms with Crippen LogP contribution in [-0.2, 0) is 4.79 Å². The SMILES string of the molecule is CCOc1ccccc1OCCNCCCCN1C(=O)C2CCCCN2C1=O. The monoisotopic (exact) mass is 389 g/mol. The third-order valence-corrected chi connectivity index (χ3v) is 5.20. The van der Waals surface area contributed by atoms with Gasteiger partial charge in [-0.1, -0.05) is 12.1 Å². The predicted octanol–water partition coefficient (Wildman–Crippen LogP) is 2.65. The normalized spacial score (nSPS) is 19.1.